The Morgan fingerprint density at radius 3 is 2.60 bits per heavy atom. The number of hydrogen-bond donors (Lipinski definition) is 3. The highest BCUT2D eigenvalue weighted by Crippen LogP contribution is 2.33. The molecule has 0 aliphatic carbocycles. The van der Waals surface area contributed by atoms with Crippen LogP contribution in [-0.4, -0.2) is 40.4 Å². The average molecular weight is 452 g/mol. The van der Waals surface area contributed by atoms with Crippen LogP contribution in [0.25, 0.3) is 0 Å². The smallest absolute Gasteiger partial charge is 0.237 e. The number of rotatable bonds is 6. The number of phenolic OH excluding ortho intramolecular Hbond substituents is 1. The number of halogens is 2. The molecule has 0 spiro atoms. The second-order valence-electron chi connectivity index (χ2n) is 7.58. The minimum absolute atomic E-state index is 0. The molecule has 4 N–H and O–H groups in total. The molecule has 1 saturated heterocycles. The molecule has 2 amide bonds. The molecule has 0 aromatic heterocycles. The SMILES string of the molecule is Cc1cc(Cl)cc(CNC(=O)[C@H](C)N2CC(c3ccccc3)CC2C(N)=O)c1O.Cl. The quantitative estimate of drug-likeness (QED) is 0.628. The van der Waals surface area contributed by atoms with E-state index in [0.717, 1.165) is 5.56 Å². The summed E-state index contributed by atoms with van der Waals surface area (Å²) in [7, 11) is 0. The molecule has 3 rings (SSSR count). The van der Waals surface area contributed by atoms with Crippen LogP contribution < -0.4 is 11.1 Å². The number of likely N-dealkylation sites (tertiary alicyclic amines) is 1. The van der Waals surface area contributed by atoms with E-state index in [1.54, 1.807) is 26.0 Å². The lowest BCUT2D eigenvalue weighted by Crippen LogP contribution is -2.51. The van der Waals surface area contributed by atoms with E-state index >= 15 is 0 Å². The van der Waals surface area contributed by atoms with Gasteiger partial charge in [-0.1, -0.05) is 41.9 Å². The Hall–Kier alpha value is -2.28. The minimum atomic E-state index is -0.538. The molecular formula is C22H27Cl2N3O3. The summed E-state index contributed by atoms with van der Waals surface area (Å²) in [5, 5.41) is 13.5. The normalized spacial score (nSPS) is 19.7. The van der Waals surface area contributed by atoms with Crippen molar-refractivity contribution < 1.29 is 14.7 Å². The lowest BCUT2D eigenvalue weighted by Gasteiger charge is -2.28. The molecule has 8 heteroatoms. The first kappa shape index (κ1) is 24.0. The van der Waals surface area contributed by atoms with Gasteiger partial charge in [0, 0.05) is 23.7 Å². The molecule has 0 bridgehead atoms. The van der Waals surface area contributed by atoms with Crippen LogP contribution >= 0.6 is 24.0 Å². The molecular weight excluding hydrogens is 425 g/mol. The fourth-order valence-corrected chi connectivity index (χ4v) is 4.25. The molecule has 0 saturated carbocycles. The Morgan fingerprint density at radius 2 is 1.97 bits per heavy atom. The number of carbonyl (C=O) groups excluding carboxylic acids is 2. The van der Waals surface area contributed by atoms with Gasteiger partial charge in [0.15, 0.2) is 0 Å². The standard InChI is InChI=1S/C22H26ClN3O3.ClH/c1-13-8-18(23)9-16(20(13)27)11-25-22(29)14(2)26-12-17(10-19(26)21(24)28)15-6-4-3-5-7-15;/h3-9,14,17,19,27H,10-12H2,1-2H3,(H2,24,28)(H,25,29);1H/t14-,17?,19?;/m0./s1. The number of amides is 2. The van der Waals surface area contributed by atoms with Gasteiger partial charge in [0.1, 0.15) is 5.75 Å². The molecule has 6 nitrogen and oxygen atoms in total. The minimum Gasteiger partial charge on any atom is -0.507 e. The maximum Gasteiger partial charge on any atom is 0.237 e. The van der Waals surface area contributed by atoms with Gasteiger partial charge >= 0.3 is 0 Å². The number of nitrogens with zero attached hydrogens (tertiary/aromatic N) is 1. The van der Waals surface area contributed by atoms with Crippen molar-refractivity contribution >= 4 is 35.8 Å². The number of phenols is 1. The highest BCUT2D eigenvalue weighted by atomic mass is 35.5. The Bertz CT molecular complexity index is 908. The van der Waals surface area contributed by atoms with Gasteiger partial charge in [-0.3, -0.25) is 14.5 Å². The summed E-state index contributed by atoms with van der Waals surface area (Å²) in [6, 6.07) is 12.2. The second-order valence-corrected chi connectivity index (χ2v) is 8.02. The van der Waals surface area contributed by atoms with Crippen LogP contribution in [0.1, 0.15) is 36.0 Å². The zero-order valence-corrected chi connectivity index (χ0v) is 18.5. The summed E-state index contributed by atoms with van der Waals surface area (Å²) in [5.74, 6) is -0.403. The van der Waals surface area contributed by atoms with Crippen LogP contribution in [0.4, 0.5) is 0 Å². The predicted molar refractivity (Wildman–Crippen MR) is 120 cm³/mol. The molecule has 2 aromatic rings. The molecule has 30 heavy (non-hydrogen) atoms. The van der Waals surface area contributed by atoms with Gasteiger partial charge in [0.25, 0.3) is 0 Å². The third-order valence-corrected chi connectivity index (χ3v) is 5.83. The van der Waals surface area contributed by atoms with Crippen LogP contribution in [0.2, 0.25) is 5.02 Å². The fraction of sp³-hybridized carbons (Fsp3) is 0.364. The van der Waals surface area contributed by atoms with Gasteiger partial charge in [-0.15, -0.1) is 12.4 Å². The number of primary amides is 1. The predicted octanol–water partition coefficient (Wildman–Crippen LogP) is 3.12. The van der Waals surface area contributed by atoms with E-state index in [9.17, 15) is 14.7 Å². The largest absolute Gasteiger partial charge is 0.507 e. The number of carbonyl (C=O) groups is 2. The van der Waals surface area contributed by atoms with E-state index in [1.807, 2.05) is 35.2 Å². The summed E-state index contributed by atoms with van der Waals surface area (Å²) in [6.07, 6.45) is 0.589. The maximum absolute atomic E-state index is 12.8. The topological polar surface area (TPSA) is 95.7 Å². The molecule has 1 fully saturated rings. The van der Waals surface area contributed by atoms with Crippen molar-refractivity contribution in [2.45, 2.75) is 44.8 Å². The summed E-state index contributed by atoms with van der Waals surface area (Å²) < 4.78 is 0. The van der Waals surface area contributed by atoms with E-state index < -0.39 is 18.0 Å². The average Bonchev–Trinajstić information content (AvgIpc) is 3.15. The first-order valence-electron chi connectivity index (χ1n) is 9.63. The summed E-state index contributed by atoms with van der Waals surface area (Å²) in [6.45, 7) is 4.24. The summed E-state index contributed by atoms with van der Waals surface area (Å²) in [5.41, 5.74) is 7.95. The number of benzene rings is 2. The van der Waals surface area contributed by atoms with Crippen molar-refractivity contribution in [3.63, 3.8) is 0 Å². The van der Waals surface area contributed by atoms with E-state index in [2.05, 4.69) is 5.32 Å². The van der Waals surface area contributed by atoms with Gasteiger partial charge in [-0.05, 0) is 49.4 Å². The maximum atomic E-state index is 12.8. The molecule has 1 aliphatic rings. The first-order valence-corrected chi connectivity index (χ1v) is 10.0. The Balaban J connectivity index is 0.00000320. The van der Waals surface area contributed by atoms with Crippen LogP contribution in [0.15, 0.2) is 42.5 Å². The number of nitrogens with one attached hydrogen (secondary N) is 1. The lowest BCUT2D eigenvalue weighted by molar-refractivity contribution is -0.129. The van der Waals surface area contributed by atoms with E-state index in [-0.39, 0.29) is 36.5 Å². The second kappa shape index (κ2) is 10.2. The fourth-order valence-electron chi connectivity index (χ4n) is 3.96. The molecule has 162 valence electrons. The lowest BCUT2D eigenvalue weighted by atomic mass is 9.96. The Labute approximate surface area is 187 Å². The zero-order chi connectivity index (χ0) is 21.1. The molecule has 2 unspecified atom stereocenters. The van der Waals surface area contributed by atoms with Gasteiger partial charge in [0.2, 0.25) is 11.8 Å². The van der Waals surface area contributed by atoms with Crippen LogP contribution in [0.5, 0.6) is 5.75 Å². The monoisotopic (exact) mass is 451 g/mol. The van der Waals surface area contributed by atoms with Crippen molar-refractivity contribution in [3.05, 3.63) is 64.2 Å². The number of aromatic hydroxyl groups is 1. The van der Waals surface area contributed by atoms with Crippen molar-refractivity contribution in [3.8, 4) is 5.75 Å². The first-order chi connectivity index (χ1) is 13.8. The highest BCUT2D eigenvalue weighted by Gasteiger charge is 2.40. The molecule has 1 aliphatic heterocycles. The Morgan fingerprint density at radius 1 is 1.30 bits per heavy atom. The van der Waals surface area contributed by atoms with Crippen LogP contribution in [0.3, 0.4) is 0 Å². The van der Waals surface area contributed by atoms with Crippen LogP contribution in [0, 0.1) is 6.92 Å². The van der Waals surface area contributed by atoms with Gasteiger partial charge in [-0.25, -0.2) is 0 Å². The Kier molecular flexibility index (Phi) is 8.12. The van der Waals surface area contributed by atoms with Crippen molar-refractivity contribution in [1.29, 1.82) is 0 Å². The number of hydrogen-bond acceptors (Lipinski definition) is 4. The van der Waals surface area contributed by atoms with Crippen molar-refractivity contribution in [1.82, 2.24) is 10.2 Å². The number of nitrogens with two attached hydrogens (primary N) is 1. The van der Waals surface area contributed by atoms with Gasteiger partial charge < -0.3 is 16.2 Å². The summed E-state index contributed by atoms with van der Waals surface area (Å²) in [4.78, 5) is 26.7. The molecule has 2 aromatic carbocycles. The zero-order valence-electron chi connectivity index (χ0n) is 17.0. The van der Waals surface area contributed by atoms with E-state index in [0.29, 0.717) is 29.1 Å². The van der Waals surface area contributed by atoms with Gasteiger partial charge in [-0.2, -0.15) is 0 Å². The highest BCUT2D eigenvalue weighted by molar-refractivity contribution is 6.30. The van der Waals surface area contributed by atoms with Crippen molar-refractivity contribution in [2.24, 2.45) is 5.73 Å². The number of aryl methyl sites for hydroxylation is 1. The molecule has 0 radical (unpaired) electrons. The van der Waals surface area contributed by atoms with Gasteiger partial charge in [0.05, 0.1) is 12.1 Å². The van der Waals surface area contributed by atoms with E-state index in [1.165, 1.54) is 0 Å². The van der Waals surface area contributed by atoms with Crippen molar-refractivity contribution in [2.75, 3.05) is 6.54 Å². The molecule has 1 heterocycles. The van der Waals surface area contributed by atoms with E-state index in [4.69, 9.17) is 17.3 Å². The third-order valence-electron chi connectivity index (χ3n) is 5.61. The third kappa shape index (κ3) is 5.25. The van der Waals surface area contributed by atoms with Crippen LogP contribution in [-0.2, 0) is 16.1 Å². The summed E-state index contributed by atoms with van der Waals surface area (Å²) >= 11 is 6.05. The molecule has 3 atom stereocenters.